The fourth-order valence-corrected chi connectivity index (χ4v) is 4.28. The molecule has 0 radical (unpaired) electrons. The van der Waals surface area contributed by atoms with Crippen molar-refractivity contribution in [2.45, 2.75) is 59.3 Å². The van der Waals surface area contributed by atoms with Gasteiger partial charge in [-0.25, -0.2) is 4.68 Å². The molecule has 1 saturated heterocycles. The summed E-state index contributed by atoms with van der Waals surface area (Å²) in [5.74, 6) is 0.254. The number of amides is 2. The van der Waals surface area contributed by atoms with Crippen LogP contribution in [0.5, 0.6) is 0 Å². The lowest BCUT2D eigenvalue weighted by Gasteiger charge is -2.31. The van der Waals surface area contributed by atoms with E-state index in [1.807, 2.05) is 47.7 Å². The predicted molar refractivity (Wildman–Crippen MR) is 124 cm³/mol. The molecule has 1 N–H and O–H groups in total. The summed E-state index contributed by atoms with van der Waals surface area (Å²) in [6.07, 6.45) is 5.11. The van der Waals surface area contributed by atoms with Crippen LogP contribution in [-0.4, -0.2) is 46.1 Å². The number of nitrogens with zero attached hydrogens (tertiary/aromatic N) is 3. The van der Waals surface area contributed by atoms with Gasteiger partial charge in [0.15, 0.2) is 0 Å². The first-order chi connectivity index (χ1) is 14.9. The van der Waals surface area contributed by atoms with E-state index >= 15 is 0 Å². The second-order valence-corrected chi connectivity index (χ2v) is 8.80. The van der Waals surface area contributed by atoms with Gasteiger partial charge in [0, 0.05) is 41.8 Å². The Kier molecular flexibility index (Phi) is 8.13. The average Bonchev–Trinajstić information content (AvgIpc) is 3.05. The summed E-state index contributed by atoms with van der Waals surface area (Å²) < 4.78 is 1.86. The van der Waals surface area contributed by atoms with E-state index in [4.69, 9.17) is 11.6 Å². The molecule has 1 fully saturated rings. The van der Waals surface area contributed by atoms with E-state index in [0.29, 0.717) is 24.5 Å². The summed E-state index contributed by atoms with van der Waals surface area (Å²) in [5, 5.41) is 8.36. The molecule has 1 aliphatic heterocycles. The third kappa shape index (κ3) is 5.88. The fourth-order valence-electron chi connectivity index (χ4n) is 4.15. The first kappa shape index (κ1) is 23.3. The van der Waals surface area contributed by atoms with Gasteiger partial charge < -0.3 is 10.2 Å². The van der Waals surface area contributed by atoms with Gasteiger partial charge in [-0.2, -0.15) is 5.10 Å². The Labute approximate surface area is 190 Å². The Balaban J connectivity index is 1.56. The first-order valence-corrected chi connectivity index (χ1v) is 11.6. The van der Waals surface area contributed by atoms with Crippen LogP contribution in [-0.2, 0) is 16.0 Å². The van der Waals surface area contributed by atoms with Crippen LogP contribution in [0.2, 0.25) is 5.02 Å². The number of likely N-dealkylation sites (tertiary alicyclic amines) is 1. The number of unbranched alkanes of at least 4 members (excludes halogenated alkanes) is 2. The van der Waals surface area contributed by atoms with Crippen molar-refractivity contribution >= 4 is 23.4 Å². The summed E-state index contributed by atoms with van der Waals surface area (Å²) in [6.45, 7) is 8.11. The van der Waals surface area contributed by atoms with Gasteiger partial charge in [0.05, 0.1) is 17.8 Å². The van der Waals surface area contributed by atoms with Crippen LogP contribution in [0.15, 0.2) is 24.3 Å². The van der Waals surface area contributed by atoms with Crippen LogP contribution >= 0.6 is 11.6 Å². The minimum atomic E-state index is 0.0156. The molecule has 2 amide bonds. The summed E-state index contributed by atoms with van der Waals surface area (Å²) in [7, 11) is 0. The second kappa shape index (κ2) is 10.8. The maximum Gasteiger partial charge on any atom is 0.227 e. The molecule has 0 spiro atoms. The number of rotatable bonds is 8. The molecule has 0 saturated carbocycles. The normalized spacial score (nSPS) is 14.6. The largest absolute Gasteiger partial charge is 0.356 e. The zero-order valence-corrected chi connectivity index (χ0v) is 19.5. The zero-order chi connectivity index (χ0) is 22.4. The van der Waals surface area contributed by atoms with E-state index in [0.717, 1.165) is 61.3 Å². The summed E-state index contributed by atoms with van der Waals surface area (Å²) in [5.41, 5.74) is 3.72. The number of benzene rings is 1. The van der Waals surface area contributed by atoms with Crippen LogP contribution in [0.4, 0.5) is 0 Å². The van der Waals surface area contributed by atoms with Crippen LogP contribution in [0.25, 0.3) is 5.69 Å². The van der Waals surface area contributed by atoms with Crippen LogP contribution in [0.3, 0.4) is 0 Å². The number of piperidine rings is 1. The molecular formula is C24H33ClN4O2. The van der Waals surface area contributed by atoms with Crippen molar-refractivity contribution in [2.75, 3.05) is 19.6 Å². The highest BCUT2D eigenvalue weighted by Gasteiger charge is 2.28. The van der Waals surface area contributed by atoms with Crippen molar-refractivity contribution in [1.82, 2.24) is 20.0 Å². The van der Waals surface area contributed by atoms with E-state index in [9.17, 15) is 9.59 Å². The molecule has 3 rings (SSSR count). The Morgan fingerprint density at radius 2 is 1.81 bits per heavy atom. The van der Waals surface area contributed by atoms with Gasteiger partial charge in [-0.1, -0.05) is 31.4 Å². The molecule has 1 aromatic carbocycles. The van der Waals surface area contributed by atoms with Gasteiger partial charge in [-0.3, -0.25) is 9.59 Å². The topological polar surface area (TPSA) is 67.2 Å². The molecule has 0 unspecified atom stereocenters. The van der Waals surface area contributed by atoms with Gasteiger partial charge in [0.25, 0.3) is 0 Å². The maximum absolute atomic E-state index is 13.0. The van der Waals surface area contributed by atoms with Crippen molar-refractivity contribution in [3.8, 4) is 5.69 Å². The van der Waals surface area contributed by atoms with Gasteiger partial charge in [-0.15, -0.1) is 0 Å². The SMILES string of the molecule is CCCCCNC(=O)C1CCN(C(=O)Cc2c(C)nn(-c3ccc(Cl)cc3)c2C)CC1. The highest BCUT2D eigenvalue weighted by atomic mass is 35.5. The van der Waals surface area contributed by atoms with Gasteiger partial charge in [0.2, 0.25) is 11.8 Å². The van der Waals surface area contributed by atoms with E-state index in [1.165, 1.54) is 0 Å². The van der Waals surface area contributed by atoms with Gasteiger partial charge in [0.1, 0.15) is 0 Å². The number of carbonyl (C=O) groups is 2. The van der Waals surface area contributed by atoms with E-state index in [-0.39, 0.29) is 17.7 Å². The zero-order valence-electron chi connectivity index (χ0n) is 18.8. The number of hydrogen-bond acceptors (Lipinski definition) is 3. The number of aromatic nitrogens is 2. The lowest BCUT2D eigenvalue weighted by molar-refractivity contribution is -0.135. The Hall–Kier alpha value is -2.34. The third-order valence-corrected chi connectivity index (χ3v) is 6.39. The first-order valence-electron chi connectivity index (χ1n) is 11.3. The molecule has 1 aromatic heterocycles. The summed E-state index contributed by atoms with van der Waals surface area (Å²) in [6, 6.07) is 7.52. The van der Waals surface area contributed by atoms with E-state index in [2.05, 4.69) is 17.3 Å². The number of nitrogens with one attached hydrogen (secondary N) is 1. The molecule has 31 heavy (non-hydrogen) atoms. The smallest absolute Gasteiger partial charge is 0.227 e. The highest BCUT2D eigenvalue weighted by molar-refractivity contribution is 6.30. The maximum atomic E-state index is 13.0. The lowest BCUT2D eigenvalue weighted by atomic mass is 9.95. The summed E-state index contributed by atoms with van der Waals surface area (Å²) in [4.78, 5) is 27.2. The Morgan fingerprint density at radius 1 is 1.13 bits per heavy atom. The second-order valence-electron chi connectivity index (χ2n) is 8.37. The predicted octanol–water partition coefficient (Wildman–Crippen LogP) is 4.23. The fraction of sp³-hybridized carbons (Fsp3) is 0.542. The molecule has 2 aromatic rings. The van der Waals surface area contributed by atoms with E-state index < -0.39 is 0 Å². The third-order valence-electron chi connectivity index (χ3n) is 6.14. The lowest BCUT2D eigenvalue weighted by Crippen LogP contribution is -2.43. The number of carbonyl (C=O) groups excluding carboxylic acids is 2. The molecule has 1 aliphatic rings. The quantitative estimate of drug-likeness (QED) is 0.619. The molecule has 168 valence electrons. The monoisotopic (exact) mass is 444 g/mol. The number of halogens is 1. The molecular weight excluding hydrogens is 412 g/mol. The number of hydrogen-bond donors (Lipinski definition) is 1. The van der Waals surface area contributed by atoms with Crippen molar-refractivity contribution in [1.29, 1.82) is 0 Å². The van der Waals surface area contributed by atoms with Crippen LogP contribution in [0, 0.1) is 19.8 Å². The molecule has 0 bridgehead atoms. The van der Waals surface area contributed by atoms with Crippen molar-refractivity contribution in [2.24, 2.45) is 5.92 Å². The van der Waals surface area contributed by atoms with Crippen LogP contribution in [0.1, 0.15) is 56.0 Å². The molecule has 6 nitrogen and oxygen atoms in total. The molecule has 0 atom stereocenters. The van der Waals surface area contributed by atoms with Crippen molar-refractivity contribution in [3.63, 3.8) is 0 Å². The molecule has 0 aliphatic carbocycles. The van der Waals surface area contributed by atoms with Gasteiger partial charge in [-0.05, 0) is 57.4 Å². The molecule has 7 heteroatoms. The average molecular weight is 445 g/mol. The van der Waals surface area contributed by atoms with Crippen molar-refractivity contribution < 1.29 is 9.59 Å². The minimum absolute atomic E-state index is 0.0156. The minimum Gasteiger partial charge on any atom is -0.356 e. The Morgan fingerprint density at radius 3 is 2.45 bits per heavy atom. The van der Waals surface area contributed by atoms with E-state index in [1.54, 1.807) is 0 Å². The number of aryl methyl sites for hydroxylation is 1. The molecule has 2 heterocycles. The van der Waals surface area contributed by atoms with Crippen LogP contribution < -0.4 is 5.32 Å². The standard InChI is InChI=1S/C24H33ClN4O2/c1-4-5-6-13-26-24(31)19-11-14-28(15-12-19)23(30)16-22-17(2)27-29(18(22)3)21-9-7-20(25)8-10-21/h7-10,19H,4-6,11-16H2,1-3H3,(H,26,31). The highest BCUT2D eigenvalue weighted by Crippen LogP contribution is 2.22. The summed E-state index contributed by atoms with van der Waals surface area (Å²) >= 11 is 5.99. The van der Waals surface area contributed by atoms with Gasteiger partial charge >= 0.3 is 0 Å². The van der Waals surface area contributed by atoms with Crippen molar-refractivity contribution in [3.05, 3.63) is 46.2 Å². The Bertz CT molecular complexity index is 899.